The number of nitrogens with one attached hydrogen (secondary N) is 2. The summed E-state index contributed by atoms with van der Waals surface area (Å²) in [5.74, 6) is -1.35. The minimum atomic E-state index is -3.65. The number of likely N-dealkylation sites (tertiary alicyclic amines) is 1. The quantitative estimate of drug-likeness (QED) is 0.610. The number of rotatable bonds is 6. The van der Waals surface area contributed by atoms with E-state index in [4.69, 9.17) is 0 Å². The van der Waals surface area contributed by atoms with Crippen LogP contribution in [0.1, 0.15) is 23.6 Å². The number of aliphatic hydroxyl groups excluding tert-OH is 1. The van der Waals surface area contributed by atoms with Crippen LogP contribution in [0.2, 0.25) is 0 Å². The van der Waals surface area contributed by atoms with Crippen molar-refractivity contribution in [1.29, 1.82) is 0 Å². The Kier molecular flexibility index (Phi) is 6.08. The summed E-state index contributed by atoms with van der Waals surface area (Å²) in [7, 11) is -3.65. The molecule has 9 heteroatoms. The molecule has 0 radical (unpaired) electrons. The standard InChI is InChI=1S/C22H25N3O5S/c26-17-8-9-25(12-17)13-19(16-4-2-1-3-5-16)24-21(27)11-15-6-7-20-18(10-15)23-22(28)14-31(20,29)30/h1-7,10,17,19,26H,8-9,11-14H2,(H,23,28)(H,24,27)/t17-,19+/m0/s1. The number of carbonyl (C=O) groups is 2. The van der Waals surface area contributed by atoms with Crippen LogP contribution in [0.3, 0.4) is 0 Å². The van der Waals surface area contributed by atoms with E-state index in [1.807, 2.05) is 30.3 Å². The van der Waals surface area contributed by atoms with Crippen molar-refractivity contribution in [3.05, 3.63) is 59.7 Å². The van der Waals surface area contributed by atoms with E-state index in [9.17, 15) is 23.1 Å². The number of amides is 2. The number of fused-ring (bicyclic) bond motifs is 1. The number of hydrogen-bond donors (Lipinski definition) is 3. The lowest BCUT2D eigenvalue weighted by Gasteiger charge is -2.25. The van der Waals surface area contributed by atoms with Crippen molar-refractivity contribution in [3.63, 3.8) is 0 Å². The van der Waals surface area contributed by atoms with Crippen molar-refractivity contribution in [3.8, 4) is 0 Å². The lowest BCUT2D eigenvalue weighted by atomic mass is 10.1. The summed E-state index contributed by atoms with van der Waals surface area (Å²) < 4.78 is 24.3. The molecule has 1 saturated heterocycles. The van der Waals surface area contributed by atoms with Gasteiger partial charge in [0.15, 0.2) is 9.84 Å². The zero-order valence-electron chi connectivity index (χ0n) is 17.0. The fourth-order valence-electron chi connectivity index (χ4n) is 4.08. The summed E-state index contributed by atoms with van der Waals surface area (Å²) >= 11 is 0. The highest BCUT2D eigenvalue weighted by Gasteiger charge is 2.29. The van der Waals surface area contributed by atoms with Gasteiger partial charge in [-0.05, 0) is 29.7 Å². The van der Waals surface area contributed by atoms with Gasteiger partial charge in [0, 0.05) is 19.6 Å². The van der Waals surface area contributed by atoms with E-state index in [1.165, 1.54) is 12.1 Å². The Morgan fingerprint density at radius 2 is 2.00 bits per heavy atom. The van der Waals surface area contributed by atoms with Gasteiger partial charge in [-0.15, -0.1) is 0 Å². The van der Waals surface area contributed by atoms with Gasteiger partial charge in [-0.25, -0.2) is 8.42 Å². The van der Waals surface area contributed by atoms with Crippen molar-refractivity contribution < 1.29 is 23.1 Å². The molecule has 0 spiro atoms. The van der Waals surface area contributed by atoms with Crippen LogP contribution >= 0.6 is 0 Å². The first-order chi connectivity index (χ1) is 14.8. The Labute approximate surface area is 181 Å². The molecule has 0 unspecified atom stereocenters. The smallest absolute Gasteiger partial charge is 0.239 e. The first kappa shape index (κ1) is 21.5. The molecule has 2 atom stereocenters. The van der Waals surface area contributed by atoms with E-state index in [2.05, 4.69) is 15.5 Å². The van der Waals surface area contributed by atoms with Crippen LogP contribution in [0.5, 0.6) is 0 Å². The predicted octanol–water partition coefficient (Wildman–Crippen LogP) is 0.879. The van der Waals surface area contributed by atoms with Crippen molar-refractivity contribution in [2.24, 2.45) is 0 Å². The Morgan fingerprint density at radius 1 is 1.23 bits per heavy atom. The summed E-state index contributed by atoms with van der Waals surface area (Å²) in [5, 5.41) is 15.4. The van der Waals surface area contributed by atoms with Gasteiger partial charge in [0.1, 0.15) is 5.75 Å². The molecule has 3 N–H and O–H groups in total. The number of β-amino-alcohol motifs (C(OH)–C–C–N with tert-alkyl or cyclic N) is 1. The largest absolute Gasteiger partial charge is 0.392 e. The summed E-state index contributed by atoms with van der Waals surface area (Å²) in [6.07, 6.45) is 0.433. The lowest BCUT2D eigenvalue weighted by molar-refractivity contribution is -0.121. The van der Waals surface area contributed by atoms with E-state index in [0.717, 1.165) is 18.5 Å². The predicted molar refractivity (Wildman–Crippen MR) is 115 cm³/mol. The fraction of sp³-hybridized carbons (Fsp3) is 0.364. The van der Waals surface area contributed by atoms with E-state index >= 15 is 0 Å². The zero-order valence-corrected chi connectivity index (χ0v) is 17.8. The molecule has 2 aromatic carbocycles. The van der Waals surface area contributed by atoms with Gasteiger partial charge < -0.3 is 15.7 Å². The molecule has 0 aromatic heterocycles. The highest BCUT2D eigenvalue weighted by atomic mass is 32.2. The SMILES string of the molecule is O=C1CS(=O)(=O)c2ccc(CC(=O)N[C@H](CN3CC[C@H](O)C3)c3ccccc3)cc2N1. The average molecular weight is 444 g/mol. The maximum absolute atomic E-state index is 12.8. The van der Waals surface area contributed by atoms with Crippen LogP contribution in [0.15, 0.2) is 53.4 Å². The third kappa shape index (κ3) is 5.12. The highest BCUT2D eigenvalue weighted by molar-refractivity contribution is 7.92. The van der Waals surface area contributed by atoms with Crippen LogP contribution in [0.25, 0.3) is 0 Å². The minimum Gasteiger partial charge on any atom is -0.392 e. The summed E-state index contributed by atoms with van der Waals surface area (Å²) in [6, 6.07) is 14.0. The molecule has 31 heavy (non-hydrogen) atoms. The van der Waals surface area contributed by atoms with Crippen LogP contribution in [-0.4, -0.2) is 61.7 Å². The van der Waals surface area contributed by atoms with E-state index < -0.39 is 21.5 Å². The molecule has 164 valence electrons. The van der Waals surface area contributed by atoms with Crippen molar-refractivity contribution >= 4 is 27.3 Å². The van der Waals surface area contributed by atoms with Gasteiger partial charge in [0.2, 0.25) is 11.8 Å². The van der Waals surface area contributed by atoms with Crippen LogP contribution < -0.4 is 10.6 Å². The fourth-order valence-corrected chi connectivity index (χ4v) is 5.37. The number of hydrogen-bond acceptors (Lipinski definition) is 6. The van der Waals surface area contributed by atoms with Crippen LogP contribution in [0, 0.1) is 0 Å². The topological polar surface area (TPSA) is 116 Å². The Morgan fingerprint density at radius 3 is 2.71 bits per heavy atom. The number of anilines is 1. The van der Waals surface area contributed by atoms with E-state index in [-0.39, 0.29) is 35.1 Å². The first-order valence-corrected chi connectivity index (χ1v) is 11.9. The van der Waals surface area contributed by atoms with Gasteiger partial charge in [-0.3, -0.25) is 14.5 Å². The highest BCUT2D eigenvalue weighted by Crippen LogP contribution is 2.28. The number of benzene rings is 2. The second-order valence-electron chi connectivity index (χ2n) is 8.05. The molecule has 2 aliphatic rings. The number of sulfone groups is 1. The van der Waals surface area contributed by atoms with Gasteiger partial charge in [0.05, 0.1) is 29.1 Å². The van der Waals surface area contributed by atoms with Crippen molar-refractivity contribution in [2.75, 3.05) is 30.7 Å². The molecule has 0 bridgehead atoms. The Balaban J connectivity index is 1.48. The zero-order chi connectivity index (χ0) is 22.0. The molecule has 2 aromatic rings. The molecule has 8 nitrogen and oxygen atoms in total. The molecule has 2 amide bonds. The van der Waals surface area contributed by atoms with Crippen LogP contribution in [-0.2, 0) is 25.8 Å². The Bertz CT molecular complexity index is 1090. The summed E-state index contributed by atoms with van der Waals surface area (Å²) in [5.41, 5.74) is 1.80. The third-order valence-corrected chi connectivity index (χ3v) is 7.23. The molecule has 4 rings (SSSR count). The molecular formula is C22H25N3O5S. The lowest BCUT2D eigenvalue weighted by Crippen LogP contribution is -2.38. The molecule has 0 aliphatic carbocycles. The Hall–Kier alpha value is -2.75. The second kappa shape index (κ2) is 8.78. The monoisotopic (exact) mass is 443 g/mol. The van der Waals surface area contributed by atoms with Gasteiger partial charge >= 0.3 is 0 Å². The van der Waals surface area contributed by atoms with E-state index in [1.54, 1.807) is 6.07 Å². The first-order valence-electron chi connectivity index (χ1n) is 10.2. The average Bonchev–Trinajstić information content (AvgIpc) is 3.11. The molecule has 2 heterocycles. The van der Waals surface area contributed by atoms with Gasteiger partial charge in [-0.1, -0.05) is 36.4 Å². The number of carbonyl (C=O) groups excluding carboxylic acids is 2. The minimum absolute atomic E-state index is 0.0508. The molecule has 1 fully saturated rings. The third-order valence-electron chi connectivity index (χ3n) is 5.56. The molecular weight excluding hydrogens is 418 g/mol. The number of nitrogens with zero attached hydrogens (tertiary/aromatic N) is 1. The second-order valence-corrected chi connectivity index (χ2v) is 10.0. The maximum atomic E-state index is 12.8. The molecule has 0 saturated carbocycles. The van der Waals surface area contributed by atoms with Crippen LogP contribution in [0.4, 0.5) is 5.69 Å². The molecule has 2 aliphatic heterocycles. The van der Waals surface area contributed by atoms with Gasteiger partial charge in [-0.2, -0.15) is 0 Å². The van der Waals surface area contributed by atoms with Crippen molar-refractivity contribution in [1.82, 2.24) is 10.2 Å². The normalized spacial score (nSPS) is 21.2. The summed E-state index contributed by atoms with van der Waals surface area (Å²) in [4.78, 5) is 26.7. The summed E-state index contributed by atoms with van der Waals surface area (Å²) in [6.45, 7) is 1.95. The van der Waals surface area contributed by atoms with Crippen molar-refractivity contribution in [2.45, 2.75) is 29.9 Å². The van der Waals surface area contributed by atoms with E-state index in [0.29, 0.717) is 18.7 Å². The number of aliphatic hydroxyl groups is 1. The maximum Gasteiger partial charge on any atom is 0.239 e. The van der Waals surface area contributed by atoms with Gasteiger partial charge in [0.25, 0.3) is 0 Å².